The van der Waals surface area contributed by atoms with Crippen LogP contribution in [0.15, 0.2) is 36.4 Å². The molecule has 0 saturated heterocycles. The summed E-state index contributed by atoms with van der Waals surface area (Å²) in [7, 11) is 0. The summed E-state index contributed by atoms with van der Waals surface area (Å²) in [6, 6.07) is 11.2. The molecule has 0 bridgehead atoms. The van der Waals surface area contributed by atoms with E-state index in [-0.39, 0.29) is 0 Å². The number of rotatable bonds is 3. The number of aryl methyl sites for hydroxylation is 1. The molecule has 2 nitrogen and oxygen atoms in total. The maximum Gasteiger partial charge on any atom is 0.0782 e. The Morgan fingerprint density at radius 1 is 1.11 bits per heavy atom. The lowest BCUT2D eigenvalue weighted by Crippen LogP contribution is -2.00. The molecule has 1 atom stereocenters. The van der Waals surface area contributed by atoms with Gasteiger partial charge < -0.3 is 10.4 Å². The maximum absolute atomic E-state index is 9.77. The van der Waals surface area contributed by atoms with Gasteiger partial charge >= 0.3 is 0 Å². The Morgan fingerprint density at radius 3 is 2.47 bits per heavy atom. The van der Waals surface area contributed by atoms with Gasteiger partial charge in [-0.1, -0.05) is 47.5 Å². The van der Waals surface area contributed by atoms with Gasteiger partial charge in [-0.15, -0.1) is 0 Å². The molecule has 0 heterocycles. The predicted octanol–water partition coefficient (Wildman–Crippen LogP) is 5.10. The SMILES string of the molecule is Cc1ccc(Cl)c(Nc2ccccc2C(C)O)c1Cl. The molecule has 0 aliphatic rings. The van der Waals surface area contributed by atoms with Crippen molar-refractivity contribution in [2.24, 2.45) is 0 Å². The van der Waals surface area contributed by atoms with Crippen molar-refractivity contribution in [3.8, 4) is 0 Å². The van der Waals surface area contributed by atoms with Gasteiger partial charge in [0.05, 0.1) is 21.8 Å². The van der Waals surface area contributed by atoms with Crippen LogP contribution < -0.4 is 5.32 Å². The highest BCUT2D eigenvalue weighted by atomic mass is 35.5. The zero-order chi connectivity index (χ0) is 14.0. The normalized spacial score (nSPS) is 12.3. The highest BCUT2D eigenvalue weighted by Gasteiger charge is 2.12. The third kappa shape index (κ3) is 3.03. The Bertz CT molecular complexity index is 597. The van der Waals surface area contributed by atoms with Crippen LogP contribution in [0.2, 0.25) is 10.0 Å². The van der Waals surface area contributed by atoms with E-state index in [0.29, 0.717) is 15.7 Å². The number of aliphatic hydroxyl groups excluding tert-OH is 1. The molecule has 0 amide bonds. The lowest BCUT2D eigenvalue weighted by atomic mass is 10.1. The Kier molecular flexibility index (Phi) is 4.35. The molecule has 0 saturated carbocycles. The van der Waals surface area contributed by atoms with Crippen LogP contribution in [0, 0.1) is 6.92 Å². The lowest BCUT2D eigenvalue weighted by Gasteiger charge is -2.16. The molecule has 0 fully saturated rings. The molecule has 0 aliphatic carbocycles. The Morgan fingerprint density at radius 2 is 1.79 bits per heavy atom. The fraction of sp³-hybridized carbons (Fsp3) is 0.200. The van der Waals surface area contributed by atoms with Gasteiger partial charge in [-0.3, -0.25) is 0 Å². The molecule has 0 aromatic heterocycles. The Labute approximate surface area is 123 Å². The van der Waals surface area contributed by atoms with E-state index in [1.54, 1.807) is 13.0 Å². The summed E-state index contributed by atoms with van der Waals surface area (Å²) in [6.07, 6.45) is -0.564. The first kappa shape index (κ1) is 14.2. The van der Waals surface area contributed by atoms with Crippen LogP contribution in [0.4, 0.5) is 11.4 Å². The molecule has 2 aromatic carbocycles. The minimum Gasteiger partial charge on any atom is -0.389 e. The highest BCUT2D eigenvalue weighted by molar-refractivity contribution is 6.39. The topological polar surface area (TPSA) is 32.3 Å². The standard InChI is InChI=1S/C15H15Cl2NO/c1-9-7-8-12(16)15(14(9)17)18-13-6-4-3-5-11(13)10(2)19/h3-8,10,18-19H,1-2H3. The molecule has 2 N–H and O–H groups in total. The van der Waals surface area contributed by atoms with Crippen LogP contribution in [0.25, 0.3) is 0 Å². The fourth-order valence-electron chi connectivity index (χ4n) is 1.88. The molecule has 0 aliphatic heterocycles. The maximum atomic E-state index is 9.77. The number of halogens is 2. The van der Waals surface area contributed by atoms with Gasteiger partial charge in [0.2, 0.25) is 0 Å². The molecular formula is C15H15Cl2NO. The second-order valence-corrected chi connectivity index (χ2v) is 5.23. The van der Waals surface area contributed by atoms with Crippen LogP contribution >= 0.6 is 23.2 Å². The van der Waals surface area contributed by atoms with Gasteiger partial charge in [0, 0.05) is 11.3 Å². The van der Waals surface area contributed by atoms with Crippen LogP contribution in [-0.4, -0.2) is 5.11 Å². The van der Waals surface area contributed by atoms with Gasteiger partial charge in [-0.25, -0.2) is 0 Å². The van der Waals surface area contributed by atoms with E-state index in [1.807, 2.05) is 37.3 Å². The van der Waals surface area contributed by atoms with Crippen molar-refractivity contribution in [3.63, 3.8) is 0 Å². The van der Waals surface area contributed by atoms with Crippen molar-refractivity contribution < 1.29 is 5.11 Å². The smallest absolute Gasteiger partial charge is 0.0782 e. The van der Waals surface area contributed by atoms with Gasteiger partial charge in [-0.05, 0) is 31.5 Å². The molecule has 2 aromatic rings. The molecular weight excluding hydrogens is 281 g/mol. The number of anilines is 2. The summed E-state index contributed by atoms with van der Waals surface area (Å²) in [5.41, 5.74) is 3.21. The van der Waals surface area contributed by atoms with Gasteiger partial charge in [-0.2, -0.15) is 0 Å². The summed E-state index contributed by atoms with van der Waals surface area (Å²) < 4.78 is 0. The number of aliphatic hydroxyl groups is 1. The average molecular weight is 296 g/mol. The Balaban J connectivity index is 2.45. The van der Waals surface area contributed by atoms with Gasteiger partial charge in [0.25, 0.3) is 0 Å². The van der Waals surface area contributed by atoms with E-state index in [9.17, 15) is 5.11 Å². The summed E-state index contributed by atoms with van der Waals surface area (Å²) in [5.74, 6) is 0. The molecule has 100 valence electrons. The molecule has 4 heteroatoms. The summed E-state index contributed by atoms with van der Waals surface area (Å²) in [6.45, 7) is 3.64. The summed E-state index contributed by atoms with van der Waals surface area (Å²) in [4.78, 5) is 0. The van der Waals surface area contributed by atoms with Crippen molar-refractivity contribution in [1.29, 1.82) is 0 Å². The fourth-order valence-corrected chi connectivity index (χ4v) is 2.35. The van der Waals surface area contributed by atoms with Gasteiger partial charge in [0.15, 0.2) is 0 Å². The third-order valence-electron chi connectivity index (χ3n) is 2.95. The van der Waals surface area contributed by atoms with Crippen molar-refractivity contribution in [3.05, 3.63) is 57.6 Å². The van der Waals surface area contributed by atoms with Crippen LogP contribution in [-0.2, 0) is 0 Å². The van der Waals surface area contributed by atoms with Crippen LogP contribution in [0.1, 0.15) is 24.2 Å². The summed E-state index contributed by atoms with van der Waals surface area (Å²) >= 11 is 12.4. The largest absolute Gasteiger partial charge is 0.389 e. The van der Waals surface area contributed by atoms with E-state index in [4.69, 9.17) is 23.2 Å². The first-order chi connectivity index (χ1) is 9.00. The van der Waals surface area contributed by atoms with Gasteiger partial charge in [0.1, 0.15) is 0 Å². The van der Waals surface area contributed by atoms with E-state index < -0.39 is 6.10 Å². The molecule has 0 spiro atoms. The average Bonchev–Trinajstić information content (AvgIpc) is 2.39. The number of benzene rings is 2. The molecule has 0 radical (unpaired) electrons. The highest BCUT2D eigenvalue weighted by Crippen LogP contribution is 2.36. The third-order valence-corrected chi connectivity index (χ3v) is 3.76. The van der Waals surface area contributed by atoms with E-state index >= 15 is 0 Å². The minimum atomic E-state index is -0.564. The van der Waals surface area contributed by atoms with E-state index in [0.717, 1.165) is 16.8 Å². The first-order valence-corrected chi connectivity index (χ1v) is 6.75. The lowest BCUT2D eigenvalue weighted by molar-refractivity contribution is 0.200. The van der Waals surface area contributed by atoms with Crippen LogP contribution in [0.5, 0.6) is 0 Å². The molecule has 2 rings (SSSR count). The quantitative estimate of drug-likeness (QED) is 0.826. The number of nitrogens with one attached hydrogen (secondary N) is 1. The van der Waals surface area contributed by atoms with E-state index in [1.165, 1.54) is 0 Å². The van der Waals surface area contributed by atoms with E-state index in [2.05, 4.69) is 5.32 Å². The second-order valence-electron chi connectivity index (χ2n) is 4.44. The summed E-state index contributed by atoms with van der Waals surface area (Å²) in [5, 5.41) is 14.1. The first-order valence-electron chi connectivity index (χ1n) is 5.99. The van der Waals surface area contributed by atoms with Crippen molar-refractivity contribution in [1.82, 2.24) is 0 Å². The molecule has 1 unspecified atom stereocenters. The van der Waals surface area contributed by atoms with Crippen molar-refractivity contribution in [2.75, 3.05) is 5.32 Å². The predicted molar refractivity (Wildman–Crippen MR) is 81.6 cm³/mol. The number of hydrogen-bond acceptors (Lipinski definition) is 2. The number of para-hydroxylation sites is 1. The number of hydrogen-bond donors (Lipinski definition) is 2. The monoisotopic (exact) mass is 295 g/mol. The minimum absolute atomic E-state index is 0.552. The zero-order valence-electron chi connectivity index (χ0n) is 10.7. The Hall–Kier alpha value is -1.22. The zero-order valence-corrected chi connectivity index (χ0v) is 12.3. The molecule has 19 heavy (non-hydrogen) atoms. The van der Waals surface area contributed by atoms with Crippen molar-refractivity contribution in [2.45, 2.75) is 20.0 Å². The van der Waals surface area contributed by atoms with Crippen LogP contribution in [0.3, 0.4) is 0 Å². The van der Waals surface area contributed by atoms with Crippen molar-refractivity contribution >= 4 is 34.6 Å². The second kappa shape index (κ2) is 5.83.